The molecular formula is C16H22N4O. The van der Waals surface area contributed by atoms with Gasteiger partial charge in [0.1, 0.15) is 5.75 Å². The summed E-state index contributed by atoms with van der Waals surface area (Å²) in [7, 11) is 1.69. The number of hydrogen-bond donors (Lipinski definition) is 2. The Kier molecular flexibility index (Phi) is 4.20. The van der Waals surface area contributed by atoms with Crippen LogP contribution >= 0.6 is 0 Å². The number of aryl methyl sites for hydroxylation is 1. The van der Waals surface area contributed by atoms with E-state index in [9.17, 15) is 0 Å². The summed E-state index contributed by atoms with van der Waals surface area (Å²) in [6.07, 6.45) is 3.11. The monoisotopic (exact) mass is 286 g/mol. The third-order valence-electron chi connectivity index (χ3n) is 4.08. The minimum absolute atomic E-state index is 0.461. The fourth-order valence-electron chi connectivity index (χ4n) is 2.84. The normalized spacial score (nSPS) is 16.1. The highest BCUT2D eigenvalue weighted by Crippen LogP contribution is 2.28. The van der Waals surface area contributed by atoms with Gasteiger partial charge in [0.25, 0.3) is 0 Å². The Labute approximate surface area is 125 Å². The van der Waals surface area contributed by atoms with Crippen molar-refractivity contribution in [2.24, 2.45) is 0 Å². The summed E-state index contributed by atoms with van der Waals surface area (Å²) in [5.74, 6) is 1.72. The van der Waals surface area contributed by atoms with Gasteiger partial charge in [-0.2, -0.15) is 5.10 Å². The number of hydrogen-bond acceptors (Lipinski definition) is 5. The largest absolute Gasteiger partial charge is 0.497 e. The smallest absolute Gasteiger partial charge is 0.156 e. The predicted molar refractivity (Wildman–Crippen MR) is 85.0 cm³/mol. The van der Waals surface area contributed by atoms with E-state index >= 15 is 0 Å². The molecule has 5 nitrogen and oxygen atoms in total. The van der Waals surface area contributed by atoms with Crippen LogP contribution in [0.5, 0.6) is 5.75 Å². The zero-order chi connectivity index (χ0) is 14.7. The maximum absolute atomic E-state index is 5.35. The second kappa shape index (κ2) is 6.26. The lowest BCUT2D eigenvalue weighted by molar-refractivity contribution is 0.415. The van der Waals surface area contributed by atoms with Crippen molar-refractivity contribution in [1.29, 1.82) is 0 Å². The quantitative estimate of drug-likeness (QED) is 0.903. The number of benzene rings is 1. The minimum Gasteiger partial charge on any atom is -0.497 e. The number of fused-ring (bicyclic) bond motifs is 1. The van der Waals surface area contributed by atoms with E-state index in [-0.39, 0.29) is 0 Å². The number of ether oxygens (including phenoxy) is 1. The second-order valence-corrected chi connectivity index (χ2v) is 5.43. The van der Waals surface area contributed by atoms with Crippen LogP contribution in [-0.4, -0.2) is 36.4 Å². The molecule has 3 rings (SSSR count). The molecule has 0 amide bonds. The topological polar surface area (TPSA) is 59.1 Å². The lowest BCUT2D eigenvalue weighted by Crippen LogP contribution is -2.35. The fraction of sp³-hybridized carbons (Fsp3) is 0.500. The van der Waals surface area contributed by atoms with Crippen molar-refractivity contribution in [2.45, 2.75) is 32.2 Å². The highest BCUT2D eigenvalue weighted by atomic mass is 16.5. The minimum atomic E-state index is 0.461. The Morgan fingerprint density at radius 3 is 2.76 bits per heavy atom. The lowest BCUT2D eigenvalue weighted by Gasteiger charge is -2.24. The van der Waals surface area contributed by atoms with E-state index in [0.717, 1.165) is 60.4 Å². The zero-order valence-electron chi connectivity index (χ0n) is 12.6. The van der Waals surface area contributed by atoms with Crippen LogP contribution in [0.25, 0.3) is 10.8 Å². The van der Waals surface area contributed by atoms with Crippen LogP contribution in [0.1, 0.15) is 25.5 Å². The van der Waals surface area contributed by atoms with Crippen LogP contribution in [0, 0.1) is 0 Å². The first kappa shape index (κ1) is 14.1. The summed E-state index contributed by atoms with van der Waals surface area (Å²) >= 11 is 0. The van der Waals surface area contributed by atoms with Crippen LogP contribution < -0.4 is 15.4 Å². The average Bonchev–Trinajstić information content (AvgIpc) is 2.55. The summed E-state index contributed by atoms with van der Waals surface area (Å²) in [5, 5.41) is 18.0. The van der Waals surface area contributed by atoms with Gasteiger partial charge in [-0.05, 0) is 50.6 Å². The number of nitrogens with one attached hydrogen (secondary N) is 2. The van der Waals surface area contributed by atoms with E-state index in [1.54, 1.807) is 7.11 Å². The Balaban J connectivity index is 2.00. The van der Waals surface area contributed by atoms with Crippen molar-refractivity contribution in [3.8, 4) is 5.75 Å². The summed E-state index contributed by atoms with van der Waals surface area (Å²) < 4.78 is 5.35. The molecule has 1 fully saturated rings. The van der Waals surface area contributed by atoms with Crippen LogP contribution in [0.3, 0.4) is 0 Å². The van der Waals surface area contributed by atoms with Crippen molar-refractivity contribution in [3.05, 3.63) is 23.9 Å². The van der Waals surface area contributed by atoms with E-state index in [4.69, 9.17) is 4.74 Å². The van der Waals surface area contributed by atoms with Crippen LogP contribution in [0.4, 0.5) is 5.82 Å². The Morgan fingerprint density at radius 1 is 1.24 bits per heavy atom. The molecular weight excluding hydrogens is 264 g/mol. The number of aromatic nitrogens is 2. The molecule has 1 aromatic heterocycles. The van der Waals surface area contributed by atoms with Gasteiger partial charge in [0, 0.05) is 16.8 Å². The Bertz CT molecular complexity index is 623. The number of methoxy groups -OCH3 is 1. The molecule has 112 valence electrons. The van der Waals surface area contributed by atoms with E-state index in [1.807, 2.05) is 12.1 Å². The highest BCUT2D eigenvalue weighted by molar-refractivity contribution is 5.94. The van der Waals surface area contributed by atoms with Crippen molar-refractivity contribution >= 4 is 16.6 Å². The van der Waals surface area contributed by atoms with Gasteiger partial charge in [-0.15, -0.1) is 5.10 Å². The predicted octanol–water partition coefficient (Wildman–Crippen LogP) is 2.36. The third kappa shape index (κ3) is 2.93. The molecule has 5 heteroatoms. The van der Waals surface area contributed by atoms with E-state index in [2.05, 4.69) is 33.8 Å². The van der Waals surface area contributed by atoms with Crippen LogP contribution in [0.2, 0.25) is 0 Å². The molecule has 2 aromatic rings. The standard InChI is InChI=1S/C16H22N4O/c1-3-15-13-5-4-12(21-2)10-14(13)16(20-19-15)18-11-6-8-17-9-7-11/h4-5,10-11,17H,3,6-9H2,1-2H3,(H,18,20). The molecule has 0 saturated carbocycles. The van der Waals surface area contributed by atoms with Crippen molar-refractivity contribution in [1.82, 2.24) is 15.5 Å². The van der Waals surface area contributed by atoms with E-state index < -0.39 is 0 Å². The molecule has 0 radical (unpaired) electrons. The summed E-state index contributed by atoms with van der Waals surface area (Å²) in [4.78, 5) is 0. The SMILES string of the molecule is CCc1nnc(NC2CCNCC2)c2cc(OC)ccc12. The second-order valence-electron chi connectivity index (χ2n) is 5.43. The summed E-state index contributed by atoms with van der Waals surface area (Å²) in [6, 6.07) is 6.57. The maximum Gasteiger partial charge on any atom is 0.156 e. The van der Waals surface area contributed by atoms with E-state index in [1.165, 1.54) is 0 Å². The number of rotatable bonds is 4. The van der Waals surface area contributed by atoms with Gasteiger partial charge >= 0.3 is 0 Å². The average molecular weight is 286 g/mol. The van der Waals surface area contributed by atoms with Gasteiger partial charge in [-0.3, -0.25) is 0 Å². The molecule has 0 atom stereocenters. The first-order valence-electron chi connectivity index (χ1n) is 7.62. The third-order valence-corrected chi connectivity index (χ3v) is 4.08. The number of anilines is 1. The zero-order valence-corrected chi connectivity index (χ0v) is 12.6. The molecule has 2 heterocycles. The number of nitrogens with zero attached hydrogens (tertiary/aromatic N) is 2. The van der Waals surface area contributed by atoms with E-state index in [0.29, 0.717) is 6.04 Å². The van der Waals surface area contributed by atoms with Crippen molar-refractivity contribution in [2.75, 3.05) is 25.5 Å². The highest BCUT2D eigenvalue weighted by Gasteiger charge is 2.16. The maximum atomic E-state index is 5.35. The molecule has 0 aliphatic carbocycles. The Hall–Kier alpha value is -1.88. The molecule has 1 aromatic carbocycles. The van der Waals surface area contributed by atoms with Crippen molar-refractivity contribution < 1.29 is 4.74 Å². The fourth-order valence-corrected chi connectivity index (χ4v) is 2.84. The van der Waals surface area contributed by atoms with Gasteiger partial charge in [-0.1, -0.05) is 6.92 Å². The molecule has 0 bridgehead atoms. The molecule has 2 N–H and O–H groups in total. The van der Waals surface area contributed by atoms with Crippen molar-refractivity contribution in [3.63, 3.8) is 0 Å². The Morgan fingerprint density at radius 2 is 2.05 bits per heavy atom. The first-order chi connectivity index (χ1) is 10.3. The summed E-state index contributed by atoms with van der Waals surface area (Å²) in [5.41, 5.74) is 1.03. The lowest BCUT2D eigenvalue weighted by atomic mass is 10.1. The molecule has 0 unspecified atom stereocenters. The van der Waals surface area contributed by atoms with Gasteiger partial charge < -0.3 is 15.4 Å². The molecule has 21 heavy (non-hydrogen) atoms. The van der Waals surface area contributed by atoms with Gasteiger partial charge in [-0.25, -0.2) is 0 Å². The first-order valence-corrected chi connectivity index (χ1v) is 7.62. The van der Waals surface area contributed by atoms with Gasteiger partial charge in [0.05, 0.1) is 12.8 Å². The van der Waals surface area contributed by atoms with Gasteiger partial charge in [0.2, 0.25) is 0 Å². The van der Waals surface area contributed by atoms with Gasteiger partial charge in [0.15, 0.2) is 5.82 Å². The molecule has 0 spiro atoms. The molecule has 1 aliphatic rings. The van der Waals surface area contributed by atoms with Crippen LogP contribution in [0.15, 0.2) is 18.2 Å². The molecule has 1 saturated heterocycles. The summed E-state index contributed by atoms with van der Waals surface area (Å²) in [6.45, 7) is 4.21. The molecule has 1 aliphatic heterocycles. The number of piperidine rings is 1. The van der Waals surface area contributed by atoms with Crippen LogP contribution in [-0.2, 0) is 6.42 Å².